The van der Waals surface area contributed by atoms with Crippen LogP contribution in [0.1, 0.15) is 18.1 Å². The fourth-order valence-electron chi connectivity index (χ4n) is 4.50. The van der Waals surface area contributed by atoms with Crippen molar-refractivity contribution in [1.82, 2.24) is 9.55 Å². The number of ether oxygens (including phenoxy) is 1. The molecule has 1 N–H and O–H groups in total. The maximum Gasteiger partial charge on any atom is 0.214 e. The topological polar surface area (TPSA) is 59.4 Å². The molecule has 5 rings (SSSR count). The highest BCUT2D eigenvalue weighted by molar-refractivity contribution is 5.82. The van der Waals surface area contributed by atoms with Crippen molar-refractivity contribution in [2.45, 2.75) is 32.4 Å². The van der Waals surface area contributed by atoms with E-state index in [2.05, 4.69) is 51.0 Å². The number of hydrogen-bond acceptors (Lipinski definition) is 5. The molecule has 1 aromatic carbocycles. The Hall–Kier alpha value is -2.86. The number of anilines is 2. The lowest BCUT2D eigenvalue weighted by Gasteiger charge is -2.29. The zero-order valence-corrected chi connectivity index (χ0v) is 16.7. The van der Waals surface area contributed by atoms with Crippen molar-refractivity contribution in [2.24, 2.45) is 0 Å². The van der Waals surface area contributed by atoms with Crippen molar-refractivity contribution in [1.29, 1.82) is 0 Å². The molecule has 0 saturated carbocycles. The summed E-state index contributed by atoms with van der Waals surface area (Å²) in [6, 6.07) is 10.9. The Morgan fingerprint density at radius 2 is 1.90 bits per heavy atom. The van der Waals surface area contributed by atoms with Crippen LogP contribution in [-0.2, 0) is 24.1 Å². The monoisotopic (exact) mass is 390 g/mol. The Balaban J connectivity index is 1.49. The van der Waals surface area contributed by atoms with Crippen molar-refractivity contribution in [2.75, 3.05) is 36.5 Å². The molecule has 3 aromatic rings. The van der Waals surface area contributed by atoms with E-state index in [0.717, 1.165) is 49.5 Å². The summed E-state index contributed by atoms with van der Waals surface area (Å²) in [5, 5.41) is 4.28. The van der Waals surface area contributed by atoms with Crippen LogP contribution in [0.3, 0.4) is 0 Å². The van der Waals surface area contributed by atoms with Gasteiger partial charge < -0.3 is 19.5 Å². The molecular weight excluding hydrogens is 364 g/mol. The van der Waals surface area contributed by atoms with E-state index in [9.17, 15) is 4.79 Å². The lowest BCUT2D eigenvalue weighted by molar-refractivity contribution is 0.122. The van der Waals surface area contributed by atoms with Gasteiger partial charge in [-0.1, -0.05) is 24.3 Å². The standard InChI is InChI=1S/C23H26N4O2/c1-2-26-15-21(27-7-9-29-10-8-27)22(28)20-13-19(14-24-23(20)26)25-18-11-16-5-3-4-6-17(16)12-18/h3-6,13-15,18,25H,2,7-12H2,1H3. The van der Waals surface area contributed by atoms with Gasteiger partial charge in [0.05, 0.1) is 30.5 Å². The minimum Gasteiger partial charge on any atom is -0.380 e. The van der Waals surface area contributed by atoms with Crippen molar-refractivity contribution < 1.29 is 4.74 Å². The van der Waals surface area contributed by atoms with Gasteiger partial charge in [0.25, 0.3) is 0 Å². The maximum atomic E-state index is 13.3. The quantitative estimate of drug-likeness (QED) is 0.742. The highest BCUT2D eigenvalue weighted by Gasteiger charge is 2.22. The average molecular weight is 390 g/mol. The molecule has 0 atom stereocenters. The van der Waals surface area contributed by atoms with Gasteiger partial charge in [0.15, 0.2) is 0 Å². The molecule has 2 aromatic heterocycles. The summed E-state index contributed by atoms with van der Waals surface area (Å²) in [6.07, 6.45) is 5.80. The van der Waals surface area contributed by atoms with Crippen LogP contribution in [0.25, 0.3) is 11.0 Å². The van der Waals surface area contributed by atoms with E-state index in [0.29, 0.717) is 24.6 Å². The fourth-order valence-corrected chi connectivity index (χ4v) is 4.50. The van der Waals surface area contributed by atoms with Crippen molar-refractivity contribution in [3.8, 4) is 0 Å². The summed E-state index contributed by atoms with van der Waals surface area (Å²) >= 11 is 0. The zero-order valence-electron chi connectivity index (χ0n) is 16.7. The van der Waals surface area contributed by atoms with E-state index in [4.69, 9.17) is 4.74 Å². The van der Waals surface area contributed by atoms with Crippen molar-refractivity contribution >= 4 is 22.4 Å². The highest BCUT2D eigenvalue weighted by Crippen LogP contribution is 2.25. The molecule has 1 aliphatic heterocycles. The fraction of sp³-hybridized carbons (Fsp3) is 0.391. The van der Waals surface area contributed by atoms with E-state index < -0.39 is 0 Å². The molecular formula is C23H26N4O2. The van der Waals surface area contributed by atoms with Gasteiger partial charge in [0.2, 0.25) is 5.43 Å². The summed E-state index contributed by atoms with van der Waals surface area (Å²) in [5.74, 6) is 0. The molecule has 2 aliphatic rings. The molecule has 0 spiro atoms. The lowest BCUT2D eigenvalue weighted by atomic mass is 10.1. The van der Waals surface area contributed by atoms with Crippen LogP contribution in [0.2, 0.25) is 0 Å². The first kappa shape index (κ1) is 18.2. The van der Waals surface area contributed by atoms with E-state index in [1.807, 2.05) is 18.5 Å². The van der Waals surface area contributed by atoms with E-state index >= 15 is 0 Å². The predicted octanol–water partition coefficient (Wildman–Crippen LogP) is 2.83. The third-order valence-electron chi connectivity index (χ3n) is 6.01. The Morgan fingerprint density at radius 3 is 2.59 bits per heavy atom. The highest BCUT2D eigenvalue weighted by atomic mass is 16.5. The minimum absolute atomic E-state index is 0.0532. The zero-order chi connectivity index (χ0) is 19.8. The van der Waals surface area contributed by atoms with Gasteiger partial charge in [-0.3, -0.25) is 4.79 Å². The Bertz CT molecular complexity index is 1080. The van der Waals surface area contributed by atoms with Crippen LogP contribution >= 0.6 is 0 Å². The number of pyridine rings is 2. The number of rotatable bonds is 4. The number of fused-ring (bicyclic) bond motifs is 2. The van der Waals surface area contributed by atoms with Gasteiger partial charge in [-0.05, 0) is 37.0 Å². The van der Waals surface area contributed by atoms with E-state index in [-0.39, 0.29) is 5.43 Å². The number of morpholine rings is 1. The SMILES string of the molecule is CCn1cc(N2CCOCC2)c(=O)c2cc(NC3Cc4ccccc4C3)cnc21. The molecule has 1 aliphatic carbocycles. The number of benzene rings is 1. The minimum atomic E-state index is 0.0532. The third kappa shape index (κ3) is 3.38. The Labute approximate surface area is 170 Å². The van der Waals surface area contributed by atoms with Gasteiger partial charge in [-0.15, -0.1) is 0 Å². The maximum absolute atomic E-state index is 13.3. The number of aryl methyl sites for hydroxylation is 1. The normalized spacial score (nSPS) is 16.9. The molecule has 29 heavy (non-hydrogen) atoms. The van der Waals surface area contributed by atoms with Crippen molar-refractivity contribution in [3.05, 3.63) is 64.1 Å². The van der Waals surface area contributed by atoms with Crippen LogP contribution in [0.5, 0.6) is 0 Å². The second-order valence-electron chi connectivity index (χ2n) is 7.84. The summed E-state index contributed by atoms with van der Waals surface area (Å²) in [6.45, 7) is 5.66. The van der Waals surface area contributed by atoms with Crippen LogP contribution < -0.4 is 15.6 Å². The molecule has 0 radical (unpaired) electrons. The first-order valence-electron chi connectivity index (χ1n) is 10.4. The van der Waals surface area contributed by atoms with Gasteiger partial charge in [-0.2, -0.15) is 0 Å². The molecule has 0 bridgehead atoms. The smallest absolute Gasteiger partial charge is 0.214 e. The molecule has 150 valence electrons. The van der Waals surface area contributed by atoms with E-state index in [1.165, 1.54) is 11.1 Å². The number of aromatic nitrogens is 2. The average Bonchev–Trinajstić information content (AvgIpc) is 3.17. The largest absolute Gasteiger partial charge is 0.380 e. The molecule has 3 heterocycles. The van der Waals surface area contributed by atoms with Crippen LogP contribution in [0.15, 0.2) is 47.5 Å². The molecule has 6 heteroatoms. The molecule has 1 saturated heterocycles. The van der Waals surface area contributed by atoms with Crippen LogP contribution in [-0.4, -0.2) is 41.9 Å². The summed E-state index contributed by atoms with van der Waals surface area (Å²) in [5.41, 5.74) is 5.26. The first-order valence-corrected chi connectivity index (χ1v) is 10.4. The Morgan fingerprint density at radius 1 is 1.17 bits per heavy atom. The van der Waals surface area contributed by atoms with E-state index in [1.54, 1.807) is 0 Å². The molecule has 0 amide bonds. The summed E-state index contributed by atoms with van der Waals surface area (Å²) in [7, 11) is 0. The molecule has 1 fully saturated rings. The third-order valence-corrected chi connectivity index (χ3v) is 6.01. The predicted molar refractivity (Wildman–Crippen MR) is 116 cm³/mol. The lowest BCUT2D eigenvalue weighted by Crippen LogP contribution is -2.39. The Kier molecular flexibility index (Phi) is 4.72. The molecule has 6 nitrogen and oxygen atoms in total. The van der Waals surface area contributed by atoms with Gasteiger partial charge in [-0.25, -0.2) is 4.98 Å². The summed E-state index contributed by atoms with van der Waals surface area (Å²) < 4.78 is 7.52. The second-order valence-corrected chi connectivity index (χ2v) is 7.84. The van der Waals surface area contributed by atoms with Gasteiger partial charge in [0, 0.05) is 31.9 Å². The number of hydrogen-bond donors (Lipinski definition) is 1. The molecule has 0 unspecified atom stereocenters. The first-order chi connectivity index (χ1) is 14.2. The summed E-state index contributed by atoms with van der Waals surface area (Å²) in [4.78, 5) is 20.1. The van der Waals surface area contributed by atoms with Gasteiger partial charge >= 0.3 is 0 Å². The number of nitrogens with one attached hydrogen (secondary N) is 1. The van der Waals surface area contributed by atoms with Crippen molar-refractivity contribution in [3.63, 3.8) is 0 Å². The number of nitrogens with zero attached hydrogens (tertiary/aromatic N) is 3. The van der Waals surface area contributed by atoms with Gasteiger partial charge in [0.1, 0.15) is 11.3 Å². The second kappa shape index (κ2) is 7.52. The van der Waals surface area contributed by atoms with Crippen LogP contribution in [0, 0.1) is 0 Å². The van der Waals surface area contributed by atoms with Crippen LogP contribution in [0.4, 0.5) is 11.4 Å².